The highest BCUT2D eigenvalue weighted by Gasteiger charge is 2.26. The van der Waals surface area contributed by atoms with Crippen LogP contribution in [0.3, 0.4) is 0 Å². The minimum Gasteiger partial charge on any atom is -0.457 e. The molecule has 10 heteroatoms. The van der Waals surface area contributed by atoms with Crippen LogP contribution < -0.4 is 0 Å². The summed E-state index contributed by atoms with van der Waals surface area (Å²) < 4.78 is 33.5. The first kappa shape index (κ1) is 60.2. The number of phosphoric acid groups is 1. The predicted octanol–water partition coefficient (Wildman–Crippen LogP) is 15.2. The Kier molecular flexibility index (Phi) is 48.0. The van der Waals surface area contributed by atoms with Crippen LogP contribution in [0.4, 0.5) is 0 Å². The van der Waals surface area contributed by atoms with Crippen molar-refractivity contribution in [3.63, 3.8) is 0 Å². The molecule has 0 fully saturated rings. The molecular formula is C51H101O9P. The van der Waals surface area contributed by atoms with Crippen LogP contribution in [0.15, 0.2) is 12.2 Å². The van der Waals surface area contributed by atoms with Crippen molar-refractivity contribution in [3.05, 3.63) is 12.2 Å². The fourth-order valence-corrected chi connectivity index (χ4v) is 8.50. The molecule has 0 bridgehead atoms. The molecule has 3 atom stereocenters. The summed E-state index contributed by atoms with van der Waals surface area (Å²) >= 11 is 0. The number of carbonyl (C=O) groups is 1. The zero-order chi connectivity index (χ0) is 44.6. The summed E-state index contributed by atoms with van der Waals surface area (Å²) in [6.45, 7) is 3.58. The molecule has 0 aromatic heterocycles. The molecule has 364 valence electrons. The summed E-state index contributed by atoms with van der Waals surface area (Å²) in [4.78, 5) is 22.7. The highest BCUT2D eigenvalue weighted by atomic mass is 31.2. The fraction of sp³-hybridized carbons (Fsp3) is 0.941. The first-order valence-corrected chi connectivity index (χ1v) is 27.7. The van der Waals surface area contributed by atoms with Crippen LogP contribution in [-0.4, -0.2) is 66.3 Å². The number of hydrogen-bond acceptors (Lipinski definition) is 8. The Morgan fingerprint density at radius 3 is 1.23 bits per heavy atom. The molecule has 0 aromatic carbocycles. The van der Waals surface area contributed by atoms with E-state index in [0.29, 0.717) is 6.61 Å². The summed E-state index contributed by atoms with van der Waals surface area (Å²) in [6, 6.07) is 0. The molecule has 0 saturated heterocycles. The smallest absolute Gasteiger partial charge is 0.457 e. The lowest BCUT2D eigenvalue weighted by Crippen LogP contribution is -2.29. The molecule has 0 aliphatic rings. The number of aliphatic hydroxyl groups is 2. The monoisotopic (exact) mass is 889 g/mol. The summed E-state index contributed by atoms with van der Waals surface area (Å²) in [5.41, 5.74) is 0. The van der Waals surface area contributed by atoms with Gasteiger partial charge < -0.3 is 24.6 Å². The molecule has 0 rings (SSSR count). The van der Waals surface area contributed by atoms with E-state index in [2.05, 4.69) is 26.0 Å². The minimum atomic E-state index is -4.52. The number of aliphatic hydroxyl groups excluding tert-OH is 2. The van der Waals surface area contributed by atoms with Crippen LogP contribution in [0.25, 0.3) is 0 Å². The Hall–Kier alpha value is -0.800. The molecule has 61 heavy (non-hydrogen) atoms. The lowest BCUT2D eigenvalue weighted by Gasteiger charge is -2.20. The van der Waals surface area contributed by atoms with Gasteiger partial charge in [0.25, 0.3) is 0 Å². The normalized spacial score (nSPS) is 13.9. The van der Waals surface area contributed by atoms with Gasteiger partial charge in [-0.25, -0.2) is 4.57 Å². The van der Waals surface area contributed by atoms with Crippen LogP contribution in [0.2, 0.25) is 0 Å². The topological polar surface area (TPSA) is 132 Å². The van der Waals surface area contributed by atoms with E-state index in [9.17, 15) is 19.4 Å². The van der Waals surface area contributed by atoms with Gasteiger partial charge in [-0.15, -0.1) is 0 Å². The SMILES string of the molecule is CCCCCCCCC/C=C\CCCCCCCCCCOCC(COP(=O)(O)OCC(O)CO)OC(=O)CCCCCCCCCCCCCCCCCCCCCCC. The average molecular weight is 889 g/mol. The molecule has 3 N–H and O–H groups in total. The standard InChI is InChI=1S/C51H101O9P/c1-3-5-7-9-11-13-15-17-19-21-23-24-25-27-29-31-33-35-37-39-41-43-51(54)60-50(48-59-61(55,56)58-46-49(53)45-52)47-57-44-42-40-38-36-34-32-30-28-26-22-20-18-16-14-12-10-8-6-4-2/h20,22,49-50,52-53H,3-19,21,23-48H2,1-2H3,(H,55,56)/b22-20-. The van der Waals surface area contributed by atoms with Gasteiger partial charge in [0.05, 0.1) is 26.4 Å². The van der Waals surface area contributed by atoms with E-state index in [-0.39, 0.29) is 25.6 Å². The van der Waals surface area contributed by atoms with Crippen molar-refractivity contribution in [2.45, 2.75) is 276 Å². The van der Waals surface area contributed by atoms with E-state index in [1.807, 2.05) is 0 Å². The first-order chi connectivity index (χ1) is 29.8. The molecule has 0 amide bonds. The number of carbonyl (C=O) groups excluding carboxylic acids is 1. The van der Waals surface area contributed by atoms with Gasteiger partial charge in [0.2, 0.25) is 0 Å². The van der Waals surface area contributed by atoms with Crippen molar-refractivity contribution in [2.75, 3.05) is 33.0 Å². The fourth-order valence-electron chi connectivity index (χ4n) is 7.71. The number of hydrogen-bond donors (Lipinski definition) is 3. The third kappa shape index (κ3) is 48.5. The number of phosphoric ester groups is 1. The Morgan fingerprint density at radius 1 is 0.492 bits per heavy atom. The average Bonchev–Trinajstić information content (AvgIpc) is 3.25. The van der Waals surface area contributed by atoms with Crippen molar-refractivity contribution < 1.29 is 43.0 Å². The minimum absolute atomic E-state index is 0.0534. The lowest BCUT2D eigenvalue weighted by molar-refractivity contribution is -0.154. The molecule has 0 aromatic rings. The Morgan fingerprint density at radius 2 is 0.836 bits per heavy atom. The summed E-state index contributed by atoms with van der Waals surface area (Å²) in [5, 5.41) is 18.4. The summed E-state index contributed by atoms with van der Waals surface area (Å²) in [5.74, 6) is -0.376. The van der Waals surface area contributed by atoms with Gasteiger partial charge in [0.1, 0.15) is 12.2 Å². The number of allylic oxidation sites excluding steroid dienone is 2. The molecule has 0 spiro atoms. The molecule has 0 aliphatic carbocycles. The zero-order valence-electron chi connectivity index (χ0n) is 40.2. The van der Waals surface area contributed by atoms with Gasteiger partial charge in [-0.2, -0.15) is 0 Å². The second kappa shape index (κ2) is 48.7. The Balaban J connectivity index is 4.03. The van der Waals surface area contributed by atoms with E-state index in [0.717, 1.165) is 38.5 Å². The maximum absolute atomic E-state index is 12.7. The Labute approximate surface area is 377 Å². The third-order valence-electron chi connectivity index (χ3n) is 11.7. The van der Waals surface area contributed by atoms with Gasteiger partial charge in [-0.3, -0.25) is 13.8 Å². The van der Waals surface area contributed by atoms with Gasteiger partial charge in [-0.05, 0) is 38.5 Å². The highest BCUT2D eigenvalue weighted by molar-refractivity contribution is 7.47. The molecule has 3 unspecified atom stereocenters. The third-order valence-corrected chi connectivity index (χ3v) is 12.7. The maximum atomic E-state index is 12.7. The largest absolute Gasteiger partial charge is 0.472 e. The second-order valence-electron chi connectivity index (χ2n) is 17.9. The van der Waals surface area contributed by atoms with Crippen LogP contribution in [0, 0.1) is 0 Å². The second-order valence-corrected chi connectivity index (χ2v) is 19.4. The number of esters is 1. The van der Waals surface area contributed by atoms with E-state index < -0.39 is 33.2 Å². The van der Waals surface area contributed by atoms with Gasteiger partial charge in [0.15, 0.2) is 0 Å². The van der Waals surface area contributed by atoms with Crippen LogP contribution in [0.5, 0.6) is 0 Å². The predicted molar refractivity (Wildman–Crippen MR) is 256 cm³/mol. The highest BCUT2D eigenvalue weighted by Crippen LogP contribution is 2.43. The zero-order valence-corrected chi connectivity index (χ0v) is 41.1. The van der Waals surface area contributed by atoms with Crippen molar-refractivity contribution in [1.29, 1.82) is 0 Å². The van der Waals surface area contributed by atoms with Crippen LogP contribution in [0.1, 0.15) is 264 Å². The van der Waals surface area contributed by atoms with Gasteiger partial charge in [0, 0.05) is 13.0 Å². The quantitative estimate of drug-likeness (QED) is 0.0236. The molecule has 0 heterocycles. The number of rotatable bonds is 51. The Bertz CT molecular complexity index is 964. The molecule has 0 aliphatic heterocycles. The van der Waals surface area contributed by atoms with Crippen molar-refractivity contribution >= 4 is 13.8 Å². The van der Waals surface area contributed by atoms with E-state index in [4.69, 9.17) is 23.6 Å². The van der Waals surface area contributed by atoms with Gasteiger partial charge >= 0.3 is 13.8 Å². The molecule has 0 radical (unpaired) electrons. The number of unbranched alkanes of at least 4 members (excludes halogenated alkanes) is 35. The first-order valence-electron chi connectivity index (χ1n) is 26.2. The maximum Gasteiger partial charge on any atom is 0.472 e. The van der Waals surface area contributed by atoms with Crippen LogP contribution in [-0.2, 0) is 27.9 Å². The van der Waals surface area contributed by atoms with E-state index >= 15 is 0 Å². The lowest BCUT2D eigenvalue weighted by atomic mass is 10.0. The summed E-state index contributed by atoms with van der Waals surface area (Å²) in [7, 11) is -4.52. The molecule has 9 nitrogen and oxygen atoms in total. The summed E-state index contributed by atoms with van der Waals surface area (Å²) in [6.07, 6.45) is 51.8. The van der Waals surface area contributed by atoms with Crippen molar-refractivity contribution in [2.24, 2.45) is 0 Å². The van der Waals surface area contributed by atoms with E-state index in [1.165, 1.54) is 205 Å². The van der Waals surface area contributed by atoms with Crippen LogP contribution >= 0.6 is 7.82 Å². The molecular weight excluding hydrogens is 788 g/mol. The van der Waals surface area contributed by atoms with E-state index in [1.54, 1.807) is 0 Å². The molecule has 0 saturated carbocycles. The number of ether oxygens (including phenoxy) is 2. The van der Waals surface area contributed by atoms with Crippen molar-refractivity contribution in [3.8, 4) is 0 Å². The van der Waals surface area contributed by atoms with Crippen molar-refractivity contribution in [1.82, 2.24) is 0 Å². The van der Waals surface area contributed by atoms with Gasteiger partial charge in [-0.1, -0.05) is 231 Å².